The molecule has 10 heteroatoms. The number of phenols is 2. The second-order valence-corrected chi connectivity index (χ2v) is 7.65. The second-order valence-electron chi connectivity index (χ2n) is 7.65. The van der Waals surface area contributed by atoms with Gasteiger partial charge in [-0.2, -0.15) is 0 Å². The van der Waals surface area contributed by atoms with Gasteiger partial charge in [-0.1, -0.05) is 5.92 Å². The molecule has 0 radical (unpaired) electrons. The fraction of sp³-hybridized carbons (Fsp3) is 0.481. The summed E-state index contributed by atoms with van der Waals surface area (Å²) in [7, 11) is 1.63. The van der Waals surface area contributed by atoms with Crippen molar-refractivity contribution < 1.29 is 48.5 Å². The molecule has 2 rings (SSSR count). The van der Waals surface area contributed by atoms with E-state index < -0.39 is 0 Å². The molecule has 0 saturated carbocycles. The van der Waals surface area contributed by atoms with Crippen molar-refractivity contribution in [3.05, 3.63) is 35.9 Å². The van der Waals surface area contributed by atoms with Crippen LogP contribution >= 0.6 is 0 Å². The summed E-state index contributed by atoms with van der Waals surface area (Å²) >= 11 is 0. The average molecular weight is 521 g/mol. The number of benzene rings is 2. The summed E-state index contributed by atoms with van der Waals surface area (Å²) in [6.45, 7) is 4.06. The Morgan fingerprint density at radius 1 is 0.676 bits per heavy atom. The molecule has 0 aliphatic rings. The summed E-state index contributed by atoms with van der Waals surface area (Å²) in [5, 5.41) is 29.6. The standard InChI is InChI=1S/C27H36O10/c1-3-4-36-25-15-21(20-28)16-26(27(25)22-17-23(29)19-24(30)18-22)37-14-13-35-12-11-34-10-9-33-8-7-32-6-5-31-2/h1,15-19,28-30H,4-14,20H2,2H3. The van der Waals surface area contributed by atoms with Gasteiger partial charge in [-0.25, -0.2) is 0 Å². The zero-order valence-corrected chi connectivity index (χ0v) is 21.1. The molecule has 0 aliphatic carbocycles. The van der Waals surface area contributed by atoms with E-state index >= 15 is 0 Å². The van der Waals surface area contributed by atoms with E-state index in [1.165, 1.54) is 18.2 Å². The smallest absolute Gasteiger partial charge is 0.148 e. The lowest BCUT2D eigenvalue weighted by atomic mass is 10.0. The molecule has 37 heavy (non-hydrogen) atoms. The summed E-state index contributed by atoms with van der Waals surface area (Å²) in [5.41, 5.74) is 1.49. The highest BCUT2D eigenvalue weighted by Crippen LogP contribution is 2.42. The van der Waals surface area contributed by atoms with Crippen molar-refractivity contribution in [2.75, 3.05) is 79.8 Å². The molecule has 0 atom stereocenters. The van der Waals surface area contributed by atoms with Crippen LogP contribution in [0.3, 0.4) is 0 Å². The third-order valence-electron chi connectivity index (χ3n) is 4.84. The molecule has 10 nitrogen and oxygen atoms in total. The van der Waals surface area contributed by atoms with Crippen LogP contribution in [0.5, 0.6) is 23.0 Å². The predicted molar refractivity (Wildman–Crippen MR) is 136 cm³/mol. The molecule has 0 fully saturated rings. The van der Waals surface area contributed by atoms with Crippen molar-refractivity contribution in [1.82, 2.24) is 0 Å². The van der Waals surface area contributed by atoms with Crippen LogP contribution in [0.1, 0.15) is 5.56 Å². The number of aliphatic hydroxyl groups excluding tert-OH is 1. The maximum atomic E-state index is 9.97. The van der Waals surface area contributed by atoms with Crippen LogP contribution < -0.4 is 9.47 Å². The first kappa shape index (κ1) is 30.2. The van der Waals surface area contributed by atoms with Gasteiger partial charge in [-0.05, 0) is 35.4 Å². The van der Waals surface area contributed by atoms with Gasteiger partial charge < -0.3 is 48.5 Å². The van der Waals surface area contributed by atoms with E-state index in [0.29, 0.717) is 81.0 Å². The van der Waals surface area contributed by atoms with E-state index in [1.54, 1.807) is 19.2 Å². The van der Waals surface area contributed by atoms with Crippen LogP contribution in [0, 0.1) is 12.3 Å². The lowest BCUT2D eigenvalue weighted by molar-refractivity contribution is -0.00977. The number of aromatic hydroxyl groups is 2. The Kier molecular flexibility index (Phi) is 14.9. The third kappa shape index (κ3) is 11.7. The highest BCUT2D eigenvalue weighted by molar-refractivity contribution is 5.79. The van der Waals surface area contributed by atoms with Crippen molar-refractivity contribution >= 4 is 0 Å². The van der Waals surface area contributed by atoms with Crippen LogP contribution in [0.25, 0.3) is 11.1 Å². The van der Waals surface area contributed by atoms with E-state index in [0.717, 1.165) is 0 Å². The molecular weight excluding hydrogens is 484 g/mol. The highest BCUT2D eigenvalue weighted by atomic mass is 16.6. The van der Waals surface area contributed by atoms with E-state index in [4.69, 9.17) is 39.6 Å². The van der Waals surface area contributed by atoms with E-state index in [1.807, 2.05) is 0 Å². The number of terminal acetylenes is 1. The Morgan fingerprint density at radius 2 is 1.16 bits per heavy atom. The van der Waals surface area contributed by atoms with E-state index in [9.17, 15) is 15.3 Å². The van der Waals surface area contributed by atoms with Crippen LogP contribution in [-0.4, -0.2) is 95.1 Å². The minimum atomic E-state index is -0.243. The Morgan fingerprint density at radius 3 is 1.65 bits per heavy atom. The van der Waals surface area contributed by atoms with Crippen molar-refractivity contribution in [2.24, 2.45) is 0 Å². The quantitative estimate of drug-likeness (QED) is 0.177. The first-order valence-electron chi connectivity index (χ1n) is 11.9. The number of hydrogen-bond donors (Lipinski definition) is 3. The fourth-order valence-corrected chi connectivity index (χ4v) is 3.22. The van der Waals surface area contributed by atoms with Crippen molar-refractivity contribution in [3.8, 4) is 46.5 Å². The first-order chi connectivity index (χ1) is 18.1. The molecule has 0 aliphatic heterocycles. The highest BCUT2D eigenvalue weighted by Gasteiger charge is 2.17. The van der Waals surface area contributed by atoms with Gasteiger partial charge in [0.2, 0.25) is 0 Å². The first-order valence-corrected chi connectivity index (χ1v) is 11.9. The van der Waals surface area contributed by atoms with Gasteiger partial charge in [0.25, 0.3) is 0 Å². The van der Waals surface area contributed by atoms with Gasteiger partial charge in [0.05, 0.1) is 71.6 Å². The second kappa shape index (κ2) is 18.2. The predicted octanol–water partition coefficient (Wildman–Crippen LogP) is 2.36. The van der Waals surface area contributed by atoms with E-state index in [2.05, 4.69) is 5.92 Å². The molecule has 0 aromatic heterocycles. The summed E-state index contributed by atoms with van der Waals surface area (Å²) in [4.78, 5) is 0. The normalized spacial score (nSPS) is 10.8. The van der Waals surface area contributed by atoms with Crippen LogP contribution in [0.2, 0.25) is 0 Å². The third-order valence-corrected chi connectivity index (χ3v) is 4.84. The molecule has 0 spiro atoms. The maximum Gasteiger partial charge on any atom is 0.148 e. The SMILES string of the molecule is C#CCOc1cc(CO)cc(OCCOCCOCCOCCOCCOC)c1-c1cc(O)cc(O)c1. The molecule has 0 bridgehead atoms. The number of rotatable bonds is 20. The molecule has 3 N–H and O–H groups in total. The average Bonchev–Trinajstić information content (AvgIpc) is 2.88. The lowest BCUT2D eigenvalue weighted by Gasteiger charge is -2.18. The topological polar surface area (TPSA) is 125 Å². The van der Waals surface area contributed by atoms with Crippen LogP contribution in [0.4, 0.5) is 0 Å². The molecule has 0 saturated heterocycles. The zero-order valence-electron chi connectivity index (χ0n) is 21.1. The van der Waals surface area contributed by atoms with Crippen LogP contribution in [-0.2, 0) is 30.3 Å². The largest absolute Gasteiger partial charge is 0.508 e. The zero-order chi connectivity index (χ0) is 26.7. The van der Waals surface area contributed by atoms with E-state index in [-0.39, 0.29) is 37.9 Å². The Balaban J connectivity index is 1.81. The molecule has 2 aromatic rings. The summed E-state index contributed by atoms with van der Waals surface area (Å²) < 4.78 is 38.2. The Labute approximate surface area is 217 Å². The molecule has 0 amide bonds. The number of ether oxygens (including phenoxy) is 7. The Hall–Kier alpha value is -3.04. The molecule has 0 unspecified atom stereocenters. The van der Waals surface area contributed by atoms with Crippen molar-refractivity contribution in [3.63, 3.8) is 0 Å². The molecular formula is C27H36O10. The monoisotopic (exact) mass is 520 g/mol. The number of hydrogen-bond acceptors (Lipinski definition) is 10. The van der Waals surface area contributed by atoms with Crippen molar-refractivity contribution in [1.29, 1.82) is 0 Å². The molecule has 0 heterocycles. The van der Waals surface area contributed by atoms with Gasteiger partial charge in [-0.3, -0.25) is 0 Å². The van der Waals surface area contributed by atoms with Gasteiger partial charge >= 0.3 is 0 Å². The number of aliphatic hydroxyl groups is 1. The summed E-state index contributed by atoms with van der Waals surface area (Å²) in [5.74, 6) is 2.88. The van der Waals surface area contributed by atoms with Gasteiger partial charge in [0.15, 0.2) is 0 Å². The summed E-state index contributed by atoms with van der Waals surface area (Å²) in [6, 6.07) is 7.44. The summed E-state index contributed by atoms with van der Waals surface area (Å²) in [6.07, 6.45) is 5.34. The lowest BCUT2D eigenvalue weighted by Crippen LogP contribution is -2.14. The number of phenolic OH excluding ortho intramolecular Hbond substituents is 2. The van der Waals surface area contributed by atoms with Crippen molar-refractivity contribution in [2.45, 2.75) is 6.61 Å². The minimum absolute atomic E-state index is 0.0115. The maximum absolute atomic E-state index is 9.97. The Bertz CT molecular complexity index is 937. The minimum Gasteiger partial charge on any atom is -0.508 e. The fourth-order valence-electron chi connectivity index (χ4n) is 3.22. The molecule has 2 aromatic carbocycles. The molecule has 204 valence electrons. The van der Waals surface area contributed by atoms with Gasteiger partial charge in [0.1, 0.15) is 36.2 Å². The number of methoxy groups -OCH3 is 1. The van der Waals surface area contributed by atoms with Crippen LogP contribution in [0.15, 0.2) is 30.3 Å². The van der Waals surface area contributed by atoms with Gasteiger partial charge in [0, 0.05) is 13.2 Å². The van der Waals surface area contributed by atoms with Gasteiger partial charge in [-0.15, -0.1) is 6.42 Å².